The van der Waals surface area contributed by atoms with E-state index in [9.17, 15) is 9.59 Å². The lowest BCUT2D eigenvalue weighted by Crippen LogP contribution is -2.49. The highest BCUT2D eigenvalue weighted by Gasteiger charge is 2.59. The molecule has 0 aromatic heterocycles. The van der Waals surface area contributed by atoms with E-state index in [-0.39, 0.29) is 22.4 Å². The predicted octanol–water partition coefficient (Wildman–Crippen LogP) is 4.63. The fourth-order valence-electron chi connectivity index (χ4n) is 6.19. The summed E-state index contributed by atoms with van der Waals surface area (Å²) < 4.78 is 0. The fourth-order valence-corrected chi connectivity index (χ4v) is 6.19. The largest absolute Gasteiger partial charge is 0.294 e. The first kappa shape index (κ1) is 14.7. The van der Waals surface area contributed by atoms with Crippen LogP contribution in [0.3, 0.4) is 0 Å². The van der Waals surface area contributed by atoms with Crippen molar-refractivity contribution in [2.24, 2.45) is 10.8 Å². The maximum atomic E-state index is 12.4. The van der Waals surface area contributed by atoms with Crippen LogP contribution in [0.25, 0.3) is 0 Å². The number of hydrogen-bond acceptors (Lipinski definition) is 2. The third kappa shape index (κ3) is 1.33. The minimum atomic E-state index is -0.175. The van der Waals surface area contributed by atoms with E-state index < -0.39 is 0 Å². The van der Waals surface area contributed by atoms with Gasteiger partial charge in [0.2, 0.25) is 0 Å². The van der Waals surface area contributed by atoms with Gasteiger partial charge in [-0.15, -0.1) is 0 Å². The van der Waals surface area contributed by atoms with Gasteiger partial charge in [-0.05, 0) is 58.4 Å². The SMILES string of the molecule is C[C@]12C3=CC4=C(CCC4=O)C1=CC=C1C4=C(C=C(C=C3)[C@@]12C)C(=O)CC4. The molecule has 6 aliphatic rings. The Balaban J connectivity index is 1.72. The standard InChI is InChI=1S/C24H20O2/c1-23-13-3-4-14-12-18-16(6-10-22(18)26)20(24(14,23)2)8-7-19(23)15-5-9-21(25)17(15)11-13/h3-4,7-8,11-12H,5-6,9-10H2,1-2H3/t23-,24-/m0/s1. The molecule has 0 aromatic rings. The van der Waals surface area contributed by atoms with Gasteiger partial charge in [-0.2, -0.15) is 0 Å². The van der Waals surface area contributed by atoms with Crippen LogP contribution in [0.2, 0.25) is 0 Å². The van der Waals surface area contributed by atoms with Crippen molar-refractivity contribution in [2.45, 2.75) is 39.5 Å². The van der Waals surface area contributed by atoms with E-state index >= 15 is 0 Å². The Hall–Kier alpha value is -2.48. The van der Waals surface area contributed by atoms with Gasteiger partial charge in [0.25, 0.3) is 0 Å². The van der Waals surface area contributed by atoms with Crippen LogP contribution in [-0.2, 0) is 9.59 Å². The van der Waals surface area contributed by atoms with Gasteiger partial charge in [0.15, 0.2) is 11.6 Å². The molecule has 6 rings (SSSR count). The summed E-state index contributed by atoms with van der Waals surface area (Å²) in [4.78, 5) is 24.8. The van der Waals surface area contributed by atoms with E-state index in [1.54, 1.807) is 0 Å². The lowest BCUT2D eigenvalue weighted by molar-refractivity contribution is -0.115. The van der Waals surface area contributed by atoms with Crippen LogP contribution in [0, 0.1) is 10.8 Å². The van der Waals surface area contributed by atoms with Crippen molar-refractivity contribution in [1.82, 2.24) is 0 Å². The zero-order valence-electron chi connectivity index (χ0n) is 15.1. The van der Waals surface area contributed by atoms with Crippen molar-refractivity contribution < 1.29 is 9.59 Å². The van der Waals surface area contributed by atoms with Crippen molar-refractivity contribution in [3.63, 3.8) is 0 Å². The van der Waals surface area contributed by atoms with Gasteiger partial charge in [0, 0.05) is 34.8 Å². The van der Waals surface area contributed by atoms with Crippen LogP contribution in [0.5, 0.6) is 0 Å². The molecule has 2 atom stereocenters. The molecule has 0 fully saturated rings. The van der Waals surface area contributed by atoms with Crippen LogP contribution in [0.1, 0.15) is 39.5 Å². The molecule has 0 N–H and O–H groups in total. The van der Waals surface area contributed by atoms with Gasteiger partial charge in [-0.25, -0.2) is 0 Å². The van der Waals surface area contributed by atoms with Crippen LogP contribution in [0.4, 0.5) is 0 Å². The molecule has 6 aliphatic carbocycles. The molecule has 0 aliphatic heterocycles. The molecule has 0 saturated heterocycles. The van der Waals surface area contributed by atoms with Crippen molar-refractivity contribution in [3.8, 4) is 0 Å². The van der Waals surface area contributed by atoms with Crippen LogP contribution >= 0.6 is 0 Å². The summed E-state index contributed by atoms with van der Waals surface area (Å²) in [6.07, 6.45) is 16.1. The van der Waals surface area contributed by atoms with Gasteiger partial charge in [0.05, 0.1) is 0 Å². The van der Waals surface area contributed by atoms with Gasteiger partial charge >= 0.3 is 0 Å². The molecule has 26 heavy (non-hydrogen) atoms. The lowest BCUT2D eigenvalue weighted by atomic mass is 9.44. The average molecular weight is 340 g/mol. The second kappa shape index (κ2) is 4.25. The number of fused-ring (bicyclic) bond motifs is 2. The summed E-state index contributed by atoms with van der Waals surface area (Å²) in [7, 11) is 0. The van der Waals surface area contributed by atoms with E-state index in [0.717, 1.165) is 24.0 Å². The Morgan fingerprint density at radius 1 is 0.692 bits per heavy atom. The third-order valence-electron chi connectivity index (χ3n) is 7.80. The average Bonchev–Trinajstić information content (AvgIpc) is 3.16. The van der Waals surface area contributed by atoms with E-state index in [1.807, 2.05) is 0 Å². The first-order valence-corrected chi connectivity index (χ1v) is 9.55. The quantitative estimate of drug-likeness (QED) is 0.644. The van der Waals surface area contributed by atoms with Crippen LogP contribution in [0.15, 0.2) is 81.0 Å². The molecule has 0 unspecified atom stereocenters. The molecular formula is C24H20O2. The minimum absolute atomic E-state index is 0.175. The molecule has 128 valence electrons. The fraction of sp³-hybridized carbons (Fsp3) is 0.333. The third-order valence-corrected chi connectivity index (χ3v) is 7.80. The first-order valence-electron chi connectivity index (χ1n) is 9.55. The van der Waals surface area contributed by atoms with Gasteiger partial charge in [-0.1, -0.05) is 38.2 Å². The summed E-state index contributed by atoms with van der Waals surface area (Å²) in [5.41, 5.74) is 9.07. The molecule has 0 heterocycles. The maximum absolute atomic E-state index is 12.4. The smallest absolute Gasteiger partial charge is 0.163 e. The van der Waals surface area contributed by atoms with Crippen LogP contribution < -0.4 is 0 Å². The highest BCUT2D eigenvalue weighted by Crippen LogP contribution is 2.69. The summed E-state index contributed by atoms with van der Waals surface area (Å²) in [6.45, 7) is 4.67. The topological polar surface area (TPSA) is 34.1 Å². The Morgan fingerprint density at radius 2 is 1.12 bits per heavy atom. The predicted molar refractivity (Wildman–Crippen MR) is 100 cm³/mol. The molecule has 0 saturated carbocycles. The minimum Gasteiger partial charge on any atom is -0.294 e. The number of allylic oxidation sites excluding steroid dienone is 14. The monoisotopic (exact) mass is 340 g/mol. The Bertz CT molecular complexity index is 993. The second-order valence-corrected chi connectivity index (χ2v) is 8.57. The second-order valence-electron chi connectivity index (χ2n) is 8.57. The van der Waals surface area contributed by atoms with E-state index in [4.69, 9.17) is 0 Å². The summed E-state index contributed by atoms with van der Waals surface area (Å²) in [5.74, 6) is 0.556. The molecule has 0 amide bonds. The van der Waals surface area contributed by atoms with Crippen molar-refractivity contribution in [3.05, 3.63) is 81.0 Å². The van der Waals surface area contributed by atoms with E-state index in [0.29, 0.717) is 12.8 Å². The summed E-state index contributed by atoms with van der Waals surface area (Å²) in [6, 6.07) is 0. The lowest BCUT2D eigenvalue weighted by Gasteiger charge is -2.57. The number of hydrogen-bond donors (Lipinski definition) is 0. The zero-order chi connectivity index (χ0) is 17.8. The number of ketones is 2. The molecular weight excluding hydrogens is 320 g/mol. The van der Waals surface area contributed by atoms with Gasteiger partial charge < -0.3 is 0 Å². The molecule has 0 aromatic carbocycles. The van der Waals surface area contributed by atoms with Crippen LogP contribution in [-0.4, -0.2) is 11.6 Å². The molecule has 0 spiro atoms. The first-order chi connectivity index (χ1) is 12.5. The van der Waals surface area contributed by atoms with Crippen molar-refractivity contribution in [2.75, 3.05) is 0 Å². The van der Waals surface area contributed by atoms with E-state index in [2.05, 4.69) is 50.3 Å². The number of Topliss-reactive ketones (excluding diaryl/α,β-unsaturated/α-hetero) is 2. The summed E-state index contributed by atoms with van der Waals surface area (Å²) in [5, 5.41) is 0. The maximum Gasteiger partial charge on any atom is 0.163 e. The molecule has 2 heteroatoms. The molecule has 0 bridgehead atoms. The number of carbonyl (C=O) groups is 2. The van der Waals surface area contributed by atoms with Crippen molar-refractivity contribution >= 4 is 11.6 Å². The highest BCUT2D eigenvalue weighted by molar-refractivity contribution is 6.05. The Kier molecular flexibility index (Phi) is 2.40. The van der Waals surface area contributed by atoms with Gasteiger partial charge in [-0.3, -0.25) is 9.59 Å². The normalized spacial score (nSPS) is 36.4. The molecule has 0 radical (unpaired) electrons. The molecule has 2 nitrogen and oxygen atoms in total. The van der Waals surface area contributed by atoms with E-state index in [1.165, 1.54) is 33.4 Å². The van der Waals surface area contributed by atoms with Crippen molar-refractivity contribution in [1.29, 1.82) is 0 Å². The Morgan fingerprint density at radius 3 is 1.54 bits per heavy atom. The number of carbonyl (C=O) groups excluding carboxylic acids is 2. The summed E-state index contributed by atoms with van der Waals surface area (Å²) >= 11 is 0. The Labute approximate surface area is 153 Å². The highest BCUT2D eigenvalue weighted by atomic mass is 16.1. The zero-order valence-corrected chi connectivity index (χ0v) is 15.1. The van der Waals surface area contributed by atoms with Gasteiger partial charge in [0.1, 0.15) is 0 Å². The number of rotatable bonds is 0.